The van der Waals surface area contributed by atoms with E-state index in [2.05, 4.69) is 25.4 Å². The van der Waals surface area contributed by atoms with E-state index in [0.717, 1.165) is 19.4 Å². The van der Waals surface area contributed by atoms with Crippen LogP contribution in [0.1, 0.15) is 39.0 Å². The van der Waals surface area contributed by atoms with Crippen molar-refractivity contribution >= 4 is 0 Å². The second-order valence-electron chi connectivity index (χ2n) is 3.40. The molecule has 1 nitrogen and oxygen atoms in total. The third-order valence-electron chi connectivity index (χ3n) is 2.10. The molecule has 0 saturated carbocycles. The van der Waals surface area contributed by atoms with Crippen LogP contribution in [-0.4, -0.2) is 12.6 Å². The molecular formula is C12H23N. The molecule has 0 spiro atoms. The molecule has 1 N–H and O–H groups in total. The van der Waals surface area contributed by atoms with Crippen LogP contribution in [0.3, 0.4) is 0 Å². The van der Waals surface area contributed by atoms with Gasteiger partial charge in [0.25, 0.3) is 0 Å². The Morgan fingerprint density at radius 3 is 2.62 bits per heavy atom. The Balaban J connectivity index is 3.52. The van der Waals surface area contributed by atoms with Gasteiger partial charge in [0, 0.05) is 6.04 Å². The van der Waals surface area contributed by atoms with Gasteiger partial charge in [-0.25, -0.2) is 0 Å². The molecule has 0 aromatic heterocycles. The summed E-state index contributed by atoms with van der Waals surface area (Å²) in [6, 6.07) is 0.623. The number of rotatable bonds is 9. The highest BCUT2D eigenvalue weighted by atomic mass is 14.9. The summed E-state index contributed by atoms with van der Waals surface area (Å²) in [6.45, 7) is 10.8. The first kappa shape index (κ1) is 12.4. The van der Waals surface area contributed by atoms with Gasteiger partial charge >= 0.3 is 0 Å². The minimum absolute atomic E-state index is 0.623. The van der Waals surface area contributed by atoms with Crippen LogP contribution in [0.25, 0.3) is 0 Å². The third kappa shape index (κ3) is 7.79. The van der Waals surface area contributed by atoms with Crippen LogP contribution in [0.5, 0.6) is 0 Å². The zero-order valence-electron chi connectivity index (χ0n) is 8.89. The summed E-state index contributed by atoms with van der Waals surface area (Å²) in [7, 11) is 0. The SMILES string of the molecule is C=CCCCC(CC=C)NCCC. The Labute approximate surface area is 82.9 Å². The van der Waals surface area contributed by atoms with Gasteiger partial charge in [-0.3, -0.25) is 0 Å². The fourth-order valence-corrected chi connectivity index (χ4v) is 1.36. The molecule has 0 amide bonds. The highest BCUT2D eigenvalue weighted by Gasteiger charge is 2.03. The van der Waals surface area contributed by atoms with E-state index in [9.17, 15) is 0 Å². The Morgan fingerprint density at radius 2 is 2.08 bits per heavy atom. The predicted molar refractivity (Wildman–Crippen MR) is 60.9 cm³/mol. The average Bonchev–Trinajstić information content (AvgIpc) is 2.14. The number of allylic oxidation sites excluding steroid dienone is 1. The second kappa shape index (κ2) is 9.53. The van der Waals surface area contributed by atoms with Crippen molar-refractivity contribution in [1.29, 1.82) is 0 Å². The summed E-state index contributed by atoms with van der Waals surface area (Å²) in [5, 5.41) is 3.52. The van der Waals surface area contributed by atoms with Crippen molar-refractivity contribution in [3.05, 3.63) is 25.3 Å². The van der Waals surface area contributed by atoms with Gasteiger partial charge in [0.05, 0.1) is 0 Å². The van der Waals surface area contributed by atoms with Crippen LogP contribution in [-0.2, 0) is 0 Å². The molecule has 0 aliphatic heterocycles. The zero-order chi connectivity index (χ0) is 9.94. The Bertz CT molecular complexity index is 129. The highest BCUT2D eigenvalue weighted by molar-refractivity contribution is 4.79. The molecule has 1 atom stereocenters. The molecule has 0 fully saturated rings. The molecular weight excluding hydrogens is 158 g/mol. The molecule has 0 aliphatic rings. The van der Waals surface area contributed by atoms with Gasteiger partial charge < -0.3 is 5.32 Å². The van der Waals surface area contributed by atoms with Crippen molar-refractivity contribution in [3.63, 3.8) is 0 Å². The number of nitrogens with one attached hydrogen (secondary N) is 1. The molecule has 0 heterocycles. The Hall–Kier alpha value is -0.560. The normalized spacial score (nSPS) is 12.4. The summed E-state index contributed by atoms with van der Waals surface area (Å²) in [5.41, 5.74) is 0. The van der Waals surface area contributed by atoms with Gasteiger partial charge in [-0.1, -0.05) is 19.1 Å². The van der Waals surface area contributed by atoms with Crippen LogP contribution in [0.15, 0.2) is 25.3 Å². The predicted octanol–water partition coefficient (Wildman–Crippen LogP) is 3.29. The minimum Gasteiger partial charge on any atom is -0.314 e. The number of hydrogen-bond donors (Lipinski definition) is 1. The van der Waals surface area contributed by atoms with Crippen molar-refractivity contribution in [3.8, 4) is 0 Å². The van der Waals surface area contributed by atoms with Crippen molar-refractivity contribution in [2.75, 3.05) is 6.54 Å². The van der Waals surface area contributed by atoms with Gasteiger partial charge in [-0.05, 0) is 38.6 Å². The first-order valence-electron chi connectivity index (χ1n) is 5.30. The van der Waals surface area contributed by atoms with Gasteiger partial charge in [0.15, 0.2) is 0 Å². The summed E-state index contributed by atoms with van der Waals surface area (Å²) >= 11 is 0. The van der Waals surface area contributed by atoms with E-state index in [4.69, 9.17) is 0 Å². The van der Waals surface area contributed by atoms with Crippen LogP contribution in [0.2, 0.25) is 0 Å². The maximum absolute atomic E-state index is 3.78. The van der Waals surface area contributed by atoms with E-state index < -0.39 is 0 Å². The molecule has 0 aliphatic carbocycles. The largest absolute Gasteiger partial charge is 0.314 e. The van der Waals surface area contributed by atoms with Crippen LogP contribution in [0, 0.1) is 0 Å². The van der Waals surface area contributed by atoms with Crippen molar-refractivity contribution < 1.29 is 0 Å². The molecule has 1 unspecified atom stereocenters. The highest BCUT2D eigenvalue weighted by Crippen LogP contribution is 2.05. The summed E-state index contributed by atoms with van der Waals surface area (Å²) in [4.78, 5) is 0. The fraction of sp³-hybridized carbons (Fsp3) is 0.667. The molecule has 0 rings (SSSR count). The molecule has 0 saturated heterocycles. The van der Waals surface area contributed by atoms with Gasteiger partial charge in [0.1, 0.15) is 0 Å². The summed E-state index contributed by atoms with van der Waals surface area (Å²) < 4.78 is 0. The quantitative estimate of drug-likeness (QED) is 0.425. The first-order valence-corrected chi connectivity index (χ1v) is 5.30. The maximum atomic E-state index is 3.78. The molecule has 76 valence electrons. The van der Waals surface area contributed by atoms with Crippen molar-refractivity contribution in [2.45, 2.75) is 45.1 Å². The molecule has 0 bridgehead atoms. The Morgan fingerprint density at radius 1 is 1.31 bits per heavy atom. The topological polar surface area (TPSA) is 12.0 Å². The van der Waals surface area contributed by atoms with Crippen LogP contribution in [0.4, 0.5) is 0 Å². The molecule has 0 aromatic rings. The van der Waals surface area contributed by atoms with E-state index in [-0.39, 0.29) is 0 Å². The first-order chi connectivity index (χ1) is 6.35. The number of unbranched alkanes of at least 4 members (excludes halogenated alkanes) is 1. The second-order valence-corrected chi connectivity index (χ2v) is 3.40. The van der Waals surface area contributed by atoms with Crippen LogP contribution < -0.4 is 5.32 Å². The molecule has 0 aromatic carbocycles. The van der Waals surface area contributed by atoms with E-state index in [1.807, 2.05) is 12.2 Å². The number of hydrogen-bond acceptors (Lipinski definition) is 1. The van der Waals surface area contributed by atoms with E-state index in [1.165, 1.54) is 19.3 Å². The maximum Gasteiger partial charge on any atom is 0.0102 e. The molecule has 1 heteroatoms. The lowest BCUT2D eigenvalue weighted by atomic mass is 10.1. The lowest BCUT2D eigenvalue weighted by Gasteiger charge is -2.15. The monoisotopic (exact) mass is 181 g/mol. The minimum atomic E-state index is 0.623. The van der Waals surface area contributed by atoms with E-state index in [0.29, 0.717) is 6.04 Å². The van der Waals surface area contributed by atoms with Gasteiger partial charge in [-0.15, -0.1) is 13.2 Å². The van der Waals surface area contributed by atoms with Crippen molar-refractivity contribution in [2.24, 2.45) is 0 Å². The standard InChI is InChI=1S/C12H23N/c1-4-7-8-10-12(9-5-2)13-11-6-3/h4-5,12-13H,1-2,6-11H2,3H3. The Kier molecular flexibility index (Phi) is 9.12. The zero-order valence-corrected chi connectivity index (χ0v) is 8.89. The molecule has 13 heavy (non-hydrogen) atoms. The smallest absolute Gasteiger partial charge is 0.0102 e. The third-order valence-corrected chi connectivity index (χ3v) is 2.10. The molecule has 0 radical (unpaired) electrons. The van der Waals surface area contributed by atoms with E-state index >= 15 is 0 Å². The van der Waals surface area contributed by atoms with Gasteiger partial charge in [-0.2, -0.15) is 0 Å². The van der Waals surface area contributed by atoms with Gasteiger partial charge in [0.2, 0.25) is 0 Å². The average molecular weight is 181 g/mol. The van der Waals surface area contributed by atoms with E-state index in [1.54, 1.807) is 0 Å². The lowest BCUT2D eigenvalue weighted by Crippen LogP contribution is -2.29. The summed E-state index contributed by atoms with van der Waals surface area (Å²) in [6.07, 6.45) is 9.87. The van der Waals surface area contributed by atoms with Crippen LogP contribution >= 0.6 is 0 Å². The fourth-order valence-electron chi connectivity index (χ4n) is 1.36. The van der Waals surface area contributed by atoms with Crippen molar-refractivity contribution in [1.82, 2.24) is 5.32 Å². The lowest BCUT2D eigenvalue weighted by molar-refractivity contribution is 0.472. The summed E-state index contributed by atoms with van der Waals surface area (Å²) in [5.74, 6) is 0.